The second-order valence-corrected chi connectivity index (χ2v) is 5.70. The highest BCUT2D eigenvalue weighted by molar-refractivity contribution is 5.74. The number of amides is 2. The Balaban J connectivity index is 1.84. The van der Waals surface area contributed by atoms with Crippen molar-refractivity contribution in [3.05, 3.63) is 30.1 Å². The normalized spacial score (nSPS) is 19.3. The van der Waals surface area contributed by atoms with Gasteiger partial charge in [-0.3, -0.25) is 9.88 Å². The van der Waals surface area contributed by atoms with Crippen molar-refractivity contribution in [2.24, 2.45) is 0 Å². The first-order chi connectivity index (χ1) is 10.8. The smallest absolute Gasteiger partial charge is 0.331 e. The van der Waals surface area contributed by atoms with Gasteiger partial charge >= 0.3 is 12.2 Å². The number of piperazine rings is 1. The monoisotopic (exact) mass is 330 g/mol. The third kappa shape index (κ3) is 4.57. The van der Waals surface area contributed by atoms with Crippen LogP contribution < -0.4 is 5.32 Å². The van der Waals surface area contributed by atoms with E-state index in [4.69, 9.17) is 0 Å². The van der Waals surface area contributed by atoms with Gasteiger partial charge in [0.15, 0.2) is 0 Å². The lowest BCUT2D eigenvalue weighted by Gasteiger charge is -2.38. The zero-order valence-corrected chi connectivity index (χ0v) is 13.2. The highest BCUT2D eigenvalue weighted by Crippen LogP contribution is 2.25. The van der Waals surface area contributed by atoms with E-state index in [1.807, 2.05) is 13.0 Å². The molecule has 2 heterocycles. The van der Waals surface area contributed by atoms with Gasteiger partial charge in [0, 0.05) is 38.6 Å². The van der Waals surface area contributed by atoms with Gasteiger partial charge in [-0.25, -0.2) is 4.79 Å². The second-order valence-electron chi connectivity index (χ2n) is 5.70. The molecule has 0 saturated carbocycles. The quantitative estimate of drug-likeness (QED) is 0.926. The standard InChI is InChI=1S/C15H21F3N4O/c1-11(13-4-3-5-19-10-13)20-14(23)22-8-6-21(7-9-22)12(2)15(16,17)18/h3-5,10-12H,6-9H2,1-2H3,(H,20,23)/t11-,12+/m1/s1. The van der Waals surface area contributed by atoms with Crippen molar-refractivity contribution in [3.63, 3.8) is 0 Å². The Morgan fingerprint density at radius 2 is 1.91 bits per heavy atom. The molecule has 1 aliphatic heterocycles. The van der Waals surface area contributed by atoms with E-state index in [1.165, 1.54) is 4.90 Å². The van der Waals surface area contributed by atoms with E-state index in [9.17, 15) is 18.0 Å². The molecule has 0 unspecified atom stereocenters. The lowest BCUT2D eigenvalue weighted by atomic mass is 10.1. The maximum Gasteiger partial charge on any atom is 0.403 e. The molecule has 2 atom stereocenters. The predicted molar refractivity (Wildman–Crippen MR) is 79.8 cm³/mol. The van der Waals surface area contributed by atoms with E-state index in [0.29, 0.717) is 0 Å². The van der Waals surface area contributed by atoms with Gasteiger partial charge < -0.3 is 10.2 Å². The van der Waals surface area contributed by atoms with Crippen molar-refractivity contribution < 1.29 is 18.0 Å². The Labute approximate surface area is 133 Å². The molecule has 2 rings (SSSR count). The van der Waals surface area contributed by atoms with Gasteiger partial charge in [0.2, 0.25) is 0 Å². The first kappa shape index (κ1) is 17.5. The molecule has 1 fully saturated rings. The Morgan fingerprint density at radius 1 is 1.26 bits per heavy atom. The fraction of sp³-hybridized carbons (Fsp3) is 0.600. The number of carbonyl (C=O) groups excluding carboxylic acids is 1. The number of hydrogen-bond donors (Lipinski definition) is 1. The van der Waals surface area contributed by atoms with Crippen LogP contribution >= 0.6 is 0 Å². The first-order valence-electron chi connectivity index (χ1n) is 7.55. The van der Waals surface area contributed by atoms with E-state index in [0.717, 1.165) is 12.5 Å². The Kier molecular flexibility index (Phi) is 5.46. The molecule has 128 valence electrons. The number of nitrogens with zero attached hydrogens (tertiary/aromatic N) is 3. The zero-order valence-electron chi connectivity index (χ0n) is 13.2. The fourth-order valence-corrected chi connectivity index (χ4v) is 2.51. The van der Waals surface area contributed by atoms with Crippen molar-refractivity contribution in [1.29, 1.82) is 0 Å². The molecule has 0 radical (unpaired) electrons. The van der Waals surface area contributed by atoms with Crippen molar-refractivity contribution in [2.75, 3.05) is 26.2 Å². The summed E-state index contributed by atoms with van der Waals surface area (Å²) in [5.41, 5.74) is 0.880. The predicted octanol–water partition coefficient (Wildman–Crippen LogP) is 2.42. The summed E-state index contributed by atoms with van der Waals surface area (Å²) in [6, 6.07) is 1.70. The Morgan fingerprint density at radius 3 is 2.43 bits per heavy atom. The van der Waals surface area contributed by atoms with Gasteiger partial charge in [0.05, 0.1) is 6.04 Å². The summed E-state index contributed by atoms with van der Waals surface area (Å²) in [6.45, 7) is 4.00. The summed E-state index contributed by atoms with van der Waals surface area (Å²) in [7, 11) is 0. The van der Waals surface area contributed by atoms with E-state index >= 15 is 0 Å². The summed E-state index contributed by atoms with van der Waals surface area (Å²) in [6.07, 6.45) is -0.910. The summed E-state index contributed by atoms with van der Waals surface area (Å²) in [5, 5.41) is 2.85. The average Bonchev–Trinajstić information content (AvgIpc) is 2.54. The Bertz CT molecular complexity index is 515. The van der Waals surface area contributed by atoms with Crippen molar-refractivity contribution in [1.82, 2.24) is 20.1 Å². The van der Waals surface area contributed by atoms with Gasteiger partial charge in [0.25, 0.3) is 0 Å². The van der Waals surface area contributed by atoms with Crippen LogP contribution in [0.2, 0.25) is 0 Å². The number of carbonyl (C=O) groups is 1. The summed E-state index contributed by atoms with van der Waals surface area (Å²) in [5.74, 6) is 0. The van der Waals surface area contributed by atoms with Gasteiger partial charge in [-0.1, -0.05) is 6.07 Å². The molecular weight excluding hydrogens is 309 g/mol. The topological polar surface area (TPSA) is 48.5 Å². The van der Waals surface area contributed by atoms with Crippen molar-refractivity contribution >= 4 is 6.03 Å². The molecule has 5 nitrogen and oxygen atoms in total. The van der Waals surface area contributed by atoms with Crippen LogP contribution in [-0.2, 0) is 0 Å². The number of pyridine rings is 1. The highest BCUT2D eigenvalue weighted by Gasteiger charge is 2.41. The van der Waals surface area contributed by atoms with Crippen molar-refractivity contribution in [3.8, 4) is 0 Å². The maximum atomic E-state index is 12.7. The van der Waals surface area contributed by atoms with Crippen LogP contribution in [0, 0.1) is 0 Å². The van der Waals surface area contributed by atoms with Gasteiger partial charge in [-0.2, -0.15) is 13.2 Å². The van der Waals surface area contributed by atoms with Crippen LogP contribution in [0.25, 0.3) is 0 Å². The molecule has 1 aromatic rings. The maximum absolute atomic E-state index is 12.7. The summed E-state index contributed by atoms with van der Waals surface area (Å²) in [4.78, 5) is 19.1. The highest BCUT2D eigenvalue weighted by atomic mass is 19.4. The molecule has 1 aromatic heterocycles. The number of alkyl halides is 3. The van der Waals surface area contributed by atoms with Crippen LogP contribution in [0.15, 0.2) is 24.5 Å². The minimum atomic E-state index is -4.24. The van der Waals surface area contributed by atoms with Gasteiger partial charge in [-0.15, -0.1) is 0 Å². The van der Waals surface area contributed by atoms with Crippen LogP contribution in [-0.4, -0.2) is 59.2 Å². The molecule has 0 aliphatic carbocycles. The van der Waals surface area contributed by atoms with Crippen LogP contribution in [0.4, 0.5) is 18.0 Å². The average molecular weight is 330 g/mol. The number of halogens is 3. The second kappa shape index (κ2) is 7.16. The van der Waals surface area contributed by atoms with E-state index in [2.05, 4.69) is 10.3 Å². The molecular formula is C15H21F3N4O. The molecule has 8 heteroatoms. The van der Waals surface area contributed by atoms with Crippen LogP contribution in [0.1, 0.15) is 25.5 Å². The summed E-state index contributed by atoms with van der Waals surface area (Å²) >= 11 is 0. The Hall–Kier alpha value is -1.83. The fourth-order valence-electron chi connectivity index (χ4n) is 2.51. The van der Waals surface area contributed by atoms with Gasteiger partial charge in [-0.05, 0) is 25.5 Å². The SMILES string of the molecule is C[C@H](N1CCN(C(=O)N[C@H](C)c2cccnc2)CC1)C(F)(F)F. The minimum absolute atomic E-state index is 0.205. The number of aromatic nitrogens is 1. The molecule has 1 N–H and O–H groups in total. The largest absolute Gasteiger partial charge is 0.403 e. The molecule has 2 amide bonds. The zero-order chi connectivity index (χ0) is 17.0. The van der Waals surface area contributed by atoms with E-state index in [1.54, 1.807) is 23.4 Å². The molecule has 0 aromatic carbocycles. The van der Waals surface area contributed by atoms with Gasteiger partial charge in [0.1, 0.15) is 6.04 Å². The van der Waals surface area contributed by atoms with E-state index < -0.39 is 12.2 Å². The molecule has 0 bridgehead atoms. The third-order valence-corrected chi connectivity index (χ3v) is 4.15. The number of rotatable bonds is 3. The first-order valence-corrected chi connectivity index (χ1v) is 7.55. The molecule has 1 saturated heterocycles. The van der Waals surface area contributed by atoms with Crippen molar-refractivity contribution in [2.45, 2.75) is 32.1 Å². The number of urea groups is 1. The molecule has 0 spiro atoms. The lowest BCUT2D eigenvalue weighted by molar-refractivity contribution is -0.181. The third-order valence-electron chi connectivity index (χ3n) is 4.15. The number of hydrogen-bond acceptors (Lipinski definition) is 3. The van der Waals surface area contributed by atoms with E-state index in [-0.39, 0.29) is 38.3 Å². The molecule has 1 aliphatic rings. The minimum Gasteiger partial charge on any atom is -0.331 e. The van der Waals surface area contributed by atoms with Crippen LogP contribution in [0.5, 0.6) is 0 Å². The number of nitrogens with one attached hydrogen (secondary N) is 1. The lowest BCUT2D eigenvalue weighted by Crippen LogP contribution is -2.56. The molecule has 23 heavy (non-hydrogen) atoms. The summed E-state index contributed by atoms with van der Waals surface area (Å²) < 4.78 is 38.1. The van der Waals surface area contributed by atoms with Crippen LogP contribution in [0.3, 0.4) is 0 Å².